The maximum atomic E-state index is 10.5. The molecule has 6 heteroatoms. The average molecular weight is 178 g/mol. The highest BCUT2D eigenvalue weighted by molar-refractivity contribution is 5.56. The Hall–Kier alpha value is -1.98. The van der Waals surface area contributed by atoms with Gasteiger partial charge in [-0.15, -0.1) is 0 Å². The van der Waals surface area contributed by atoms with Gasteiger partial charge in [-0.1, -0.05) is 0 Å². The quantitative estimate of drug-likeness (QED) is 0.481. The van der Waals surface area contributed by atoms with Crippen molar-refractivity contribution in [3.8, 4) is 0 Å². The van der Waals surface area contributed by atoms with Gasteiger partial charge in [0.1, 0.15) is 6.33 Å². The highest BCUT2D eigenvalue weighted by Gasteiger charge is 2.13. The second kappa shape index (κ2) is 2.51. The summed E-state index contributed by atoms with van der Waals surface area (Å²) >= 11 is 0. The lowest BCUT2D eigenvalue weighted by Gasteiger charge is -1.97. The Morgan fingerprint density at radius 3 is 3.08 bits per heavy atom. The third-order valence-corrected chi connectivity index (χ3v) is 1.86. The van der Waals surface area contributed by atoms with Crippen molar-refractivity contribution < 1.29 is 4.92 Å². The summed E-state index contributed by atoms with van der Waals surface area (Å²) in [6, 6.07) is 1.41. The van der Waals surface area contributed by atoms with E-state index in [2.05, 4.69) is 10.1 Å². The zero-order valence-corrected chi connectivity index (χ0v) is 6.84. The number of aryl methyl sites for hydroxylation is 1. The zero-order chi connectivity index (χ0) is 9.42. The minimum Gasteiger partial charge on any atom is -0.258 e. The Morgan fingerprint density at radius 2 is 2.38 bits per heavy atom. The molecule has 0 amide bonds. The van der Waals surface area contributed by atoms with Gasteiger partial charge >= 0.3 is 0 Å². The van der Waals surface area contributed by atoms with E-state index in [0.717, 1.165) is 0 Å². The minimum absolute atomic E-state index is 0.0699. The van der Waals surface area contributed by atoms with Crippen LogP contribution in [-0.4, -0.2) is 19.5 Å². The zero-order valence-electron chi connectivity index (χ0n) is 6.84. The number of hydrogen-bond donors (Lipinski definition) is 0. The molecule has 2 aromatic heterocycles. The third-order valence-electron chi connectivity index (χ3n) is 1.86. The molecule has 0 aliphatic heterocycles. The molecule has 0 aliphatic rings. The first-order chi connectivity index (χ1) is 6.20. The molecule has 0 saturated heterocycles. The van der Waals surface area contributed by atoms with Crippen molar-refractivity contribution >= 4 is 11.3 Å². The van der Waals surface area contributed by atoms with Crippen molar-refractivity contribution in [2.45, 2.75) is 6.92 Å². The Morgan fingerprint density at radius 1 is 1.62 bits per heavy atom. The molecule has 2 aromatic rings. The van der Waals surface area contributed by atoms with E-state index in [4.69, 9.17) is 0 Å². The van der Waals surface area contributed by atoms with Gasteiger partial charge in [0, 0.05) is 12.3 Å². The van der Waals surface area contributed by atoms with Crippen LogP contribution < -0.4 is 0 Å². The summed E-state index contributed by atoms with van der Waals surface area (Å²) in [6.45, 7) is 1.65. The highest BCUT2D eigenvalue weighted by atomic mass is 16.6. The summed E-state index contributed by atoms with van der Waals surface area (Å²) < 4.78 is 1.50. The number of fused-ring (bicyclic) bond motifs is 1. The van der Waals surface area contributed by atoms with Crippen LogP contribution in [0.4, 0.5) is 5.69 Å². The van der Waals surface area contributed by atoms with Crippen LogP contribution in [0.5, 0.6) is 0 Å². The topological polar surface area (TPSA) is 73.3 Å². The monoisotopic (exact) mass is 178 g/mol. The smallest absolute Gasteiger partial charge is 0.258 e. The van der Waals surface area contributed by atoms with E-state index in [1.54, 1.807) is 6.92 Å². The molecule has 2 rings (SSSR count). The van der Waals surface area contributed by atoms with Crippen molar-refractivity contribution in [1.82, 2.24) is 14.6 Å². The van der Waals surface area contributed by atoms with E-state index in [-0.39, 0.29) is 5.69 Å². The molecule has 66 valence electrons. The van der Waals surface area contributed by atoms with E-state index in [0.29, 0.717) is 11.2 Å². The summed E-state index contributed by atoms with van der Waals surface area (Å²) in [7, 11) is 0. The van der Waals surface area contributed by atoms with Crippen LogP contribution in [0, 0.1) is 17.0 Å². The second-order valence-corrected chi connectivity index (χ2v) is 2.61. The van der Waals surface area contributed by atoms with E-state index in [9.17, 15) is 10.1 Å². The first kappa shape index (κ1) is 7.66. The molecule has 0 atom stereocenters. The van der Waals surface area contributed by atoms with Crippen LogP contribution in [0.3, 0.4) is 0 Å². The van der Waals surface area contributed by atoms with Gasteiger partial charge in [0.2, 0.25) is 0 Å². The van der Waals surface area contributed by atoms with Crippen LogP contribution in [0.15, 0.2) is 18.6 Å². The number of rotatable bonds is 1. The molecular formula is C7H6N4O2. The van der Waals surface area contributed by atoms with Crippen molar-refractivity contribution in [3.63, 3.8) is 0 Å². The standard InChI is InChI=1S/C7H6N4O2/c1-5-6(11(12)13)2-3-10-7(5)8-4-9-10/h2-4H,1H3. The Balaban J connectivity index is 2.80. The Bertz CT molecular complexity index is 476. The molecule has 2 heterocycles. The van der Waals surface area contributed by atoms with Crippen molar-refractivity contribution in [1.29, 1.82) is 0 Å². The summed E-state index contributed by atoms with van der Waals surface area (Å²) in [6.07, 6.45) is 2.89. The van der Waals surface area contributed by atoms with Crippen LogP contribution in [0.2, 0.25) is 0 Å². The van der Waals surface area contributed by atoms with Crippen molar-refractivity contribution in [2.24, 2.45) is 0 Å². The Labute approximate surface area is 73.0 Å². The minimum atomic E-state index is -0.427. The molecule has 0 aromatic carbocycles. The van der Waals surface area contributed by atoms with E-state index in [1.165, 1.54) is 23.1 Å². The lowest BCUT2D eigenvalue weighted by atomic mass is 10.2. The van der Waals surface area contributed by atoms with Gasteiger partial charge in [-0.05, 0) is 6.92 Å². The first-order valence-electron chi connectivity index (χ1n) is 3.63. The molecule has 0 fully saturated rings. The predicted molar refractivity (Wildman–Crippen MR) is 44.4 cm³/mol. The fourth-order valence-corrected chi connectivity index (χ4v) is 1.21. The molecule has 13 heavy (non-hydrogen) atoms. The molecule has 0 unspecified atom stereocenters. The highest BCUT2D eigenvalue weighted by Crippen LogP contribution is 2.19. The lowest BCUT2D eigenvalue weighted by Crippen LogP contribution is -1.96. The lowest BCUT2D eigenvalue weighted by molar-refractivity contribution is -0.385. The molecule has 0 bridgehead atoms. The van der Waals surface area contributed by atoms with Gasteiger partial charge in [0.05, 0.1) is 10.5 Å². The van der Waals surface area contributed by atoms with Crippen LogP contribution in [0.1, 0.15) is 5.56 Å². The molecule has 0 N–H and O–H groups in total. The fourth-order valence-electron chi connectivity index (χ4n) is 1.21. The van der Waals surface area contributed by atoms with Gasteiger partial charge in [-0.3, -0.25) is 10.1 Å². The predicted octanol–water partition coefficient (Wildman–Crippen LogP) is 0.946. The van der Waals surface area contributed by atoms with Gasteiger partial charge in [0.25, 0.3) is 5.69 Å². The number of hydrogen-bond acceptors (Lipinski definition) is 4. The van der Waals surface area contributed by atoms with E-state index >= 15 is 0 Å². The molecule has 0 spiro atoms. The number of pyridine rings is 1. The van der Waals surface area contributed by atoms with Crippen LogP contribution >= 0.6 is 0 Å². The molecule has 0 saturated carbocycles. The number of nitrogens with zero attached hydrogens (tertiary/aromatic N) is 4. The molecular weight excluding hydrogens is 172 g/mol. The van der Waals surface area contributed by atoms with Crippen LogP contribution in [0.25, 0.3) is 5.65 Å². The summed E-state index contributed by atoms with van der Waals surface area (Å²) in [5.41, 5.74) is 1.12. The van der Waals surface area contributed by atoms with E-state index < -0.39 is 4.92 Å². The molecule has 6 nitrogen and oxygen atoms in total. The van der Waals surface area contributed by atoms with Gasteiger partial charge in [-0.25, -0.2) is 9.50 Å². The summed E-state index contributed by atoms with van der Waals surface area (Å²) in [5, 5.41) is 14.4. The summed E-state index contributed by atoms with van der Waals surface area (Å²) in [4.78, 5) is 14.0. The largest absolute Gasteiger partial charge is 0.277 e. The van der Waals surface area contributed by atoms with E-state index in [1.807, 2.05) is 0 Å². The second-order valence-electron chi connectivity index (χ2n) is 2.61. The van der Waals surface area contributed by atoms with Gasteiger partial charge in [-0.2, -0.15) is 5.10 Å². The van der Waals surface area contributed by atoms with Crippen LogP contribution in [-0.2, 0) is 0 Å². The SMILES string of the molecule is Cc1c([N+](=O)[O-])ccn2ncnc12. The van der Waals surface area contributed by atoms with Gasteiger partial charge in [0.15, 0.2) is 5.65 Å². The van der Waals surface area contributed by atoms with Crippen molar-refractivity contribution in [3.05, 3.63) is 34.3 Å². The normalized spacial score (nSPS) is 10.5. The molecule has 0 aliphatic carbocycles. The Kier molecular flexibility index (Phi) is 1.48. The molecule has 0 radical (unpaired) electrons. The maximum absolute atomic E-state index is 10.5. The number of aromatic nitrogens is 3. The third kappa shape index (κ3) is 1.03. The van der Waals surface area contributed by atoms with Gasteiger partial charge < -0.3 is 0 Å². The van der Waals surface area contributed by atoms with Crippen molar-refractivity contribution in [2.75, 3.05) is 0 Å². The fraction of sp³-hybridized carbons (Fsp3) is 0.143. The maximum Gasteiger partial charge on any atom is 0.277 e. The summed E-state index contributed by atoms with van der Waals surface area (Å²) in [5.74, 6) is 0. The number of nitro groups is 1. The average Bonchev–Trinajstić information content (AvgIpc) is 2.52. The first-order valence-corrected chi connectivity index (χ1v) is 3.63.